The Morgan fingerprint density at radius 1 is 1.58 bits per heavy atom. The number of nitrogens with two attached hydrogens (primary N) is 1. The molecule has 5 nitrogen and oxygen atoms in total. The number of thiazole rings is 1. The number of rotatable bonds is 5. The molecule has 106 valence electrons. The summed E-state index contributed by atoms with van der Waals surface area (Å²) in [7, 11) is 2.02. The Balaban J connectivity index is 1.95. The van der Waals surface area contributed by atoms with E-state index in [1.165, 1.54) is 43.4 Å². The third-order valence-electron chi connectivity index (χ3n) is 3.68. The molecule has 2 rings (SSSR count). The molecule has 1 aliphatic rings. The molecule has 1 aliphatic carbocycles. The molecule has 1 aromatic heterocycles. The van der Waals surface area contributed by atoms with Gasteiger partial charge in [0.1, 0.15) is 6.04 Å². The van der Waals surface area contributed by atoms with Crippen LogP contribution in [0.5, 0.6) is 0 Å². The van der Waals surface area contributed by atoms with Gasteiger partial charge in [0, 0.05) is 19.0 Å². The lowest BCUT2D eigenvalue weighted by molar-refractivity contribution is -0.138. The van der Waals surface area contributed by atoms with Crippen molar-refractivity contribution < 1.29 is 9.90 Å². The summed E-state index contributed by atoms with van der Waals surface area (Å²) in [5, 5.41) is 11.5. The normalized spacial score (nSPS) is 18.2. The lowest BCUT2D eigenvalue weighted by Gasteiger charge is -2.26. The van der Waals surface area contributed by atoms with E-state index in [1.54, 1.807) is 5.38 Å². The SMILES string of the molecule is CN(CC1CCCCC1)c1nc(C(N)C(=O)O)cs1. The Labute approximate surface area is 117 Å². The second-order valence-electron chi connectivity index (χ2n) is 5.26. The maximum atomic E-state index is 10.8. The van der Waals surface area contributed by atoms with Gasteiger partial charge in [0.2, 0.25) is 0 Å². The van der Waals surface area contributed by atoms with E-state index in [1.807, 2.05) is 7.05 Å². The third kappa shape index (κ3) is 3.67. The van der Waals surface area contributed by atoms with Crippen molar-refractivity contribution in [1.82, 2.24) is 4.98 Å². The third-order valence-corrected chi connectivity index (χ3v) is 4.65. The zero-order valence-electron chi connectivity index (χ0n) is 11.2. The van der Waals surface area contributed by atoms with Gasteiger partial charge in [0.15, 0.2) is 5.13 Å². The van der Waals surface area contributed by atoms with Gasteiger partial charge in [0.05, 0.1) is 5.69 Å². The molecule has 1 atom stereocenters. The summed E-state index contributed by atoms with van der Waals surface area (Å²) in [6.45, 7) is 0.995. The minimum Gasteiger partial charge on any atom is -0.480 e. The van der Waals surface area contributed by atoms with Gasteiger partial charge in [-0.25, -0.2) is 4.98 Å². The minimum absolute atomic E-state index is 0.447. The van der Waals surface area contributed by atoms with Crippen LogP contribution in [-0.4, -0.2) is 29.7 Å². The number of aliphatic carboxylic acids is 1. The molecule has 1 aromatic rings. The molecule has 0 aromatic carbocycles. The quantitative estimate of drug-likeness (QED) is 0.866. The maximum absolute atomic E-state index is 10.8. The second-order valence-corrected chi connectivity index (χ2v) is 6.09. The van der Waals surface area contributed by atoms with Crippen LogP contribution in [0.25, 0.3) is 0 Å². The van der Waals surface area contributed by atoms with Crippen molar-refractivity contribution in [3.63, 3.8) is 0 Å². The lowest BCUT2D eigenvalue weighted by Crippen LogP contribution is -2.27. The van der Waals surface area contributed by atoms with Gasteiger partial charge in [-0.1, -0.05) is 19.3 Å². The van der Waals surface area contributed by atoms with Gasteiger partial charge in [-0.15, -0.1) is 11.3 Å². The number of nitrogens with zero attached hydrogens (tertiary/aromatic N) is 2. The van der Waals surface area contributed by atoms with Crippen molar-refractivity contribution in [2.24, 2.45) is 11.7 Å². The molecule has 0 radical (unpaired) electrons. The maximum Gasteiger partial charge on any atom is 0.326 e. The summed E-state index contributed by atoms with van der Waals surface area (Å²) in [6, 6.07) is -1.02. The molecule has 0 amide bonds. The Bertz CT molecular complexity index is 429. The largest absolute Gasteiger partial charge is 0.480 e. The van der Waals surface area contributed by atoms with Crippen LogP contribution in [0.1, 0.15) is 43.8 Å². The first kappa shape index (κ1) is 14.3. The smallest absolute Gasteiger partial charge is 0.326 e. The Hall–Kier alpha value is -1.14. The standard InChI is InChI=1S/C13H21N3O2S/c1-16(7-9-5-3-2-4-6-9)13-15-10(8-19-13)11(14)12(17)18/h8-9,11H,2-7,14H2,1H3,(H,17,18). The van der Waals surface area contributed by atoms with Crippen LogP contribution in [0.3, 0.4) is 0 Å². The van der Waals surface area contributed by atoms with Gasteiger partial charge in [-0.05, 0) is 18.8 Å². The van der Waals surface area contributed by atoms with Crippen molar-refractivity contribution in [2.75, 3.05) is 18.5 Å². The molecule has 0 spiro atoms. The number of carboxylic acid groups (broad SMARTS) is 1. The molecule has 6 heteroatoms. The zero-order chi connectivity index (χ0) is 13.8. The zero-order valence-corrected chi connectivity index (χ0v) is 12.0. The predicted molar refractivity (Wildman–Crippen MR) is 76.5 cm³/mol. The fourth-order valence-electron chi connectivity index (χ4n) is 2.56. The fourth-order valence-corrected chi connectivity index (χ4v) is 3.39. The number of hydrogen-bond donors (Lipinski definition) is 2. The number of hydrogen-bond acceptors (Lipinski definition) is 5. The highest BCUT2D eigenvalue weighted by molar-refractivity contribution is 7.13. The van der Waals surface area contributed by atoms with E-state index in [4.69, 9.17) is 10.8 Å². The number of aromatic nitrogens is 1. The molecule has 1 fully saturated rings. The predicted octanol–water partition coefficient (Wildman–Crippen LogP) is 2.24. The monoisotopic (exact) mass is 283 g/mol. The molecule has 19 heavy (non-hydrogen) atoms. The minimum atomic E-state index is -1.04. The van der Waals surface area contributed by atoms with Crippen molar-refractivity contribution in [2.45, 2.75) is 38.1 Å². The highest BCUT2D eigenvalue weighted by Gasteiger charge is 2.20. The molecule has 0 aliphatic heterocycles. The number of anilines is 1. The van der Waals surface area contributed by atoms with Gasteiger partial charge in [-0.3, -0.25) is 4.79 Å². The van der Waals surface area contributed by atoms with Crippen LogP contribution < -0.4 is 10.6 Å². The topological polar surface area (TPSA) is 79.5 Å². The molecular formula is C13H21N3O2S. The van der Waals surface area contributed by atoms with Crippen LogP contribution in [0, 0.1) is 5.92 Å². The van der Waals surface area contributed by atoms with E-state index in [2.05, 4.69) is 9.88 Å². The van der Waals surface area contributed by atoms with E-state index in [-0.39, 0.29) is 0 Å². The first-order valence-electron chi connectivity index (χ1n) is 6.73. The van der Waals surface area contributed by atoms with Crippen LogP contribution in [0.2, 0.25) is 0 Å². The summed E-state index contributed by atoms with van der Waals surface area (Å²) < 4.78 is 0. The van der Waals surface area contributed by atoms with E-state index < -0.39 is 12.0 Å². The Morgan fingerprint density at radius 3 is 2.89 bits per heavy atom. The van der Waals surface area contributed by atoms with Crippen LogP contribution in [0.4, 0.5) is 5.13 Å². The van der Waals surface area contributed by atoms with Crippen molar-refractivity contribution >= 4 is 22.4 Å². The Morgan fingerprint density at radius 2 is 2.26 bits per heavy atom. The highest BCUT2D eigenvalue weighted by atomic mass is 32.1. The summed E-state index contributed by atoms with van der Waals surface area (Å²) in [4.78, 5) is 17.3. The lowest BCUT2D eigenvalue weighted by atomic mass is 9.89. The average Bonchev–Trinajstić information content (AvgIpc) is 2.88. The Kier molecular flexibility index (Phi) is 4.76. The van der Waals surface area contributed by atoms with Crippen molar-refractivity contribution in [3.8, 4) is 0 Å². The van der Waals surface area contributed by atoms with Gasteiger partial charge >= 0.3 is 5.97 Å². The summed E-state index contributed by atoms with van der Waals surface area (Å²) in [5.41, 5.74) is 6.01. The molecule has 1 heterocycles. The molecular weight excluding hydrogens is 262 g/mol. The van der Waals surface area contributed by atoms with E-state index >= 15 is 0 Å². The second kappa shape index (κ2) is 6.34. The number of carboxylic acids is 1. The summed E-state index contributed by atoms with van der Waals surface area (Å²) in [5.74, 6) is -0.300. The summed E-state index contributed by atoms with van der Waals surface area (Å²) in [6.07, 6.45) is 6.58. The van der Waals surface area contributed by atoms with Gasteiger partial charge in [-0.2, -0.15) is 0 Å². The van der Waals surface area contributed by atoms with Crippen LogP contribution in [0.15, 0.2) is 5.38 Å². The number of carbonyl (C=O) groups is 1. The average molecular weight is 283 g/mol. The molecule has 3 N–H and O–H groups in total. The van der Waals surface area contributed by atoms with Crippen LogP contribution >= 0.6 is 11.3 Å². The first-order valence-corrected chi connectivity index (χ1v) is 7.61. The van der Waals surface area contributed by atoms with Crippen molar-refractivity contribution in [3.05, 3.63) is 11.1 Å². The van der Waals surface area contributed by atoms with Crippen molar-refractivity contribution in [1.29, 1.82) is 0 Å². The molecule has 1 unspecified atom stereocenters. The van der Waals surface area contributed by atoms with E-state index in [0.717, 1.165) is 17.6 Å². The van der Waals surface area contributed by atoms with E-state index in [0.29, 0.717) is 5.69 Å². The van der Waals surface area contributed by atoms with Gasteiger partial charge in [0.25, 0.3) is 0 Å². The van der Waals surface area contributed by atoms with Gasteiger partial charge < -0.3 is 15.7 Å². The first-order chi connectivity index (χ1) is 9.08. The highest BCUT2D eigenvalue weighted by Crippen LogP contribution is 2.28. The molecule has 0 saturated heterocycles. The van der Waals surface area contributed by atoms with Crippen LogP contribution in [-0.2, 0) is 4.79 Å². The van der Waals surface area contributed by atoms with E-state index in [9.17, 15) is 4.79 Å². The summed E-state index contributed by atoms with van der Waals surface area (Å²) >= 11 is 1.46. The molecule has 1 saturated carbocycles. The fraction of sp³-hybridized carbons (Fsp3) is 0.692. The molecule has 0 bridgehead atoms.